The summed E-state index contributed by atoms with van der Waals surface area (Å²) in [5, 5.41) is 14.1. The highest BCUT2D eigenvalue weighted by Gasteiger charge is 2.25. The second kappa shape index (κ2) is 7.54. The fraction of sp³-hybridized carbons (Fsp3) is 0.130. The minimum absolute atomic E-state index is 0.104. The van der Waals surface area contributed by atoms with Gasteiger partial charge in [-0.3, -0.25) is 4.79 Å². The number of amides is 1. The first-order chi connectivity index (χ1) is 13.5. The van der Waals surface area contributed by atoms with E-state index in [1.165, 1.54) is 11.3 Å². The molecule has 0 saturated heterocycles. The summed E-state index contributed by atoms with van der Waals surface area (Å²) >= 11 is 1.35. The number of benzene rings is 3. The lowest BCUT2D eigenvalue weighted by Crippen LogP contribution is -2.38. The molecule has 0 radical (unpaired) electrons. The molecule has 1 heterocycles. The molecule has 0 spiro atoms. The molecule has 1 unspecified atom stereocenters. The largest absolute Gasteiger partial charge is 0.384 e. The van der Waals surface area contributed by atoms with E-state index in [4.69, 9.17) is 0 Å². The maximum absolute atomic E-state index is 12.5. The maximum Gasteiger partial charge on any atom is 0.280 e. The van der Waals surface area contributed by atoms with E-state index < -0.39 is 5.60 Å². The van der Waals surface area contributed by atoms with Crippen LogP contribution in [0.25, 0.3) is 21.3 Å². The first-order valence-electron chi connectivity index (χ1n) is 9.05. The summed E-state index contributed by atoms with van der Waals surface area (Å²) < 4.78 is 0.968. The molecule has 4 rings (SSSR count). The smallest absolute Gasteiger partial charge is 0.280 e. The molecule has 0 fully saturated rings. The zero-order valence-electron chi connectivity index (χ0n) is 15.4. The molecular weight excluding hydrogens is 368 g/mol. The molecule has 0 aliphatic heterocycles. The third-order valence-corrected chi connectivity index (χ3v) is 5.73. The van der Waals surface area contributed by atoms with Gasteiger partial charge in [0.05, 0.1) is 16.8 Å². The zero-order valence-corrected chi connectivity index (χ0v) is 16.2. The van der Waals surface area contributed by atoms with Crippen molar-refractivity contribution in [3.63, 3.8) is 0 Å². The molecule has 1 atom stereocenters. The number of hydrogen-bond acceptors (Lipinski definition) is 4. The molecule has 3 aromatic carbocycles. The molecule has 4 nitrogen and oxygen atoms in total. The average molecular weight is 388 g/mol. The summed E-state index contributed by atoms with van der Waals surface area (Å²) in [7, 11) is 0. The van der Waals surface area contributed by atoms with E-state index in [2.05, 4.69) is 10.3 Å². The lowest BCUT2D eigenvalue weighted by Gasteiger charge is -2.24. The molecule has 0 aliphatic carbocycles. The summed E-state index contributed by atoms with van der Waals surface area (Å²) in [4.78, 5) is 16.8. The van der Waals surface area contributed by atoms with Gasteiger partial charge < -0.3 is 10.4 Å². The van der Waals surface area contributed by atoms with Crippen LogP contribution in [0.4, 0.5) is 0 Å². The molecular formula is C23H20N2O2S. The summed E-state index contributed by atoms with van der Waals surface area (Å²) in [6.07, 6.45) is 0. The van der Waals surface area contributed by atoms with Crippen LogP contribution in [0.15, 0.2) is 78.9 Å². The second-order valence-electron chi connectivity index (χ2n) is 6.89. The summed E-state index contributed by atoms with van der Waals surface area (Å²) in [5.41, 5.74) is 2.58. The highest BCUT2D eigenvalue weighted by molar-refractivity contribution is 7.20. The minimum atomic E-state index is -1.18. The van der Waals surface area contributed by atoms with Gasteiger partial charge in [0.25, 0.3) is 5.91 Å². The Bertz CT molecular complexity index is 1070. The number of carbonyl (C=O) groups excluding carboxylic acids is 1. The number of carbonyl (C=O) groups is 1. The first-order valence-corrected chi connectivity index (χ1v) is 9.87. The van der Waals surface area contributed by atoms with Crippen molar-refractivity contribution in [3.05, 3.63) is 89.4 Å². The quantitative estimate of drug-likeness (QED) is 0.525. The Kier molecular flexibility index (Phi) is 4.94. The zero-order chi connectivity index (χ0) is 19.6. The normalized spacial score (nSPS) is 13.2. The molecule has 0 bridgehead atoms. The molecule has 1 aromatic heterocycles. The number of thiazole rings is 1. The van der Waals surface area contributed by atoms with Crippen LogP contribution in [0.5, 0.6) is 0 Å². The van der Waals surface area contributed by atoms with E-state index in [-0.39, 0.29) is 12.5 Å². The monoisotopic (exact) mass is 388 g/mol. The van der Waals surface area contributed by atoms with Crippen molar-refractivity contribution >= 4 is 27.5 Å². The van der Waals surface area contributed by atoms with Gasteiger partial charge in [-0.15, -0.1) is 11.3 Å². The van der Waals surface area contributed by atoms with E-state index in [0.29, 0.717) is 5.01 Å². The number of nitrogens with zero attached hydrogens (tertiary/aromatic N) is 1. The van der Waals surface area contributed by atoms with Crippen LogP contribution >= 0.6 is 11.3 Å². The van der Waals surface area contributed by atoms with Crippen LogP contribution < -0.4 is 5.32 Å². The maximum atomic E-state index is 12.5. The van der Waals surface area contributed by atoms with Crippen LogP contribution in [-0.2, 0) is 5.60 Å². The number of para-hydroxylation sites is 1. The van der Waals surface area contributed by atoms with Crippen molar-refractivity contribution in [2.24, 2.45) is 0 Å². The Labute approximate surface area is 167 Å². The summed E-state index contributed by atoms with van der Waals surface area (Å²) in [5.74, 6) is -0.276. The first kappa shape index (κ1) is 18.3. The van der Waals surface area contributed by atoms with Gasteiger partial charge >= 0.3 is 0 Å². The van der Waals surface area contributed by atoms with Crippen molar-refractivity contribution in [3.8, 4) is 11.1 Å². The molecule has 0 saturated carbocycles. The predicted molar refractivity (Wildman–Crippen MR) is 113 cm³/mol. The van der Waals surface area contributed by atoms with Gasteiger partial charge in [0.15, 0.2) is 5.01 Å². The topological polar surface area (TPSA) is 62.2 Å². The fourth-order valence-electron chi connectivity index (χ4n) is 3.05. The summed E-state index contributed by atoms with van der Waals surface area (Å²) in [6.45, 7) is 1.80. The minimum Gasteiger partial charge on any atom is -0.384 e. The van der Waals surface area contributed by atoms with Crippen LogP contribution in [0.3, 0.4) is 0 Å². The van der Waals surface area contributed by atoms with E-state index in [1.54, 1.807) is 6.92 Å². The number of aromatic nitrogens is 1. The Hall–Kier alpha value is -3.02. The van der Waals surface area contributed by atoms with Gasteiger partial charge in [0.1, 0.15) is 5.60 Å². The molecule has 5 heteroatoms. The predicted octanol–water partition coefficient (Wildman–Crippen LogP) is 4.60. The van der Waals surface area contributed by atoms with Crippen molar-refractivity contribution in [2.45, 2.75) is 12.5 Å². The van der Waals surface area contributed by atoms with Crippen molar-refractivity contribution in [1.29, 1.82) is 0 Å². The van der Waals surface area contributed by atoms with Gasteiger partial charge in [-0.25, -0.2) is 4.98 Å². The molecule has 140 valence electrons. The lowest BCUT2D eigenvalue weighted by molar-refractivity contribution is 0.0526. The number of rotatable bonds is 5. The summed E-state index contributed by atoms with van der Waals surface area (Å²) in [6, 6.07) is 25.5. The standard InChI is InChI=1S/C23H20N2O2S/c1-23(27,18-13-11-17(12-14-18)16-7-3-2-4-8-16)15-24-21(26)22-25-19-9-5-6-10-20(19)28-22/h2-14,27H,15H2,1H3,(H,24,26). The Morgan fingerprint density at radius 3 is 2.32 bits per heavy atom. The van der Waals surface area contributed by atoms with Crippen molar-refractivity contribution in [2.75, 3.05) is 6.54 Å². The van der Waals surface area contributed by atoms with Gasteiger partial charge in [0.2, 0.25) is 0 Å². The Morgan fingerprint density at radius 1 is 0.964 bits per heavy atom. The number of fused-ring (bicyclic) bond motifs is 1. The Balaban J connectivity index is 1.45. The van der Waals surface area contributed by atoms with Crippen molar-refractivity contribution < 1.29 is 9.90 Å². The van der Waals surface area contributed by atoms with Gasteiger partial charge in [0, 0.05) is 0 Å². The highest BCUT2D eigenvalue weighted by Crippen LogP contribution is 2.25. The van der Waals surface area contributed by atoms with Crippen LogP contribution in [0.2, 0.25) is 0 Å². The number of nitrogens with one attached hydrogen (secondary N) is 1. The molecule has 4 aromatic rings. The van der Waals surface area contributed by atoms with Gasteiger partial charge in [-0.1, -0.05) is 66.7 Å². The van der Waals surface area contributed by atoms with E-state index in [9.17, 15) is 9.90 Å². The average Bonchev–Trinajstić information content (AvgIpc) is 3.17. The third-order valence-electron chi connectivity index (χ3n) is 4.70. The van der Waals surface area contributed by atoms with E-state index >= 15 is 0 Å². The lowest BCUT2D eigenvalue weighted by atomic mass is 9.93. The van der Waals surface area contributed by atoms with E-state index in [0.717, 1.165) is 26.9 Å². The molecule has 28 heavy (non-hydrogen) atoms. The SMILES string of the molecule is CC(O)(CNC(=O)c1nc2ccccc2s1)c1ccc(-c2ccccc2)cc1. The molecule has 2 N–H and O–H groups in total. The van der Waals surface area contributed by atoms with Crippen LogP contribution in [0.1, 0.15) is 22.3 Å². The molecule has 1 amide bonds. The second-order valence-corrected chi connectivity index (χ2v) is 7.92. The van der Waals surface area contributed by atoms with Crippen LogP contribution in [-0.4, -0.2) is 22.5 Å². The van der Waals surface area contributed by atoms with Gasteiger partial charge in [-0.2, -0.15) is 0 Å². The van der Waals surface area contributed by atoms with Crippen molar-refractivity contribution in [1.82, 2.24) is 10.3 Å². The fourth-order valence-corrected chi connectivity index (χ4v) is 3.93. The third kappa shape index (κ3) is 3.81. The number of aliphatic hydroxyl groups is 1. The molecule has 0 aliphatic rings. The Morgan fingerprint density at radius 2 is 1.61 bits per heavy atom. The number of hydrogen-bond donors (Lipinski definition) is 2. The van der Waals surface area contributed by atoms with Gasteiger partial charge in [-0.05, 0) is 35.7 Å². The van der Waals surface area contributed by atoms with E-state index in [1.807, 2.05) is 78.9 Å². The highest BCUT2D eigenvalue weighted by atomic mass is 32.1. The van der Waals surface area contributed by atoms with Crippen LogP contribution in [0, 0.1) is 0 Å².